The molecule has 3 aromatic carbocycles. The number of ether oxygens (including phenoxy) is 1. The van der Waals surface area contributed by atoms with Crippen LogP contribution in [-0.4, -0.2) is 39.6 Å². The first-order valence-electron chi connectivity index (χ1n) is 12.6. The molecule has 0 saturated heterocycles. The van der Waals surface area contributed by atoms with Crippen molar-refractivity contribution in [1.29, 1.82) is 0 Å². The molecule has 5 aromatic rings. The molecule has 0 fully saturated rings. The molecule has 9 nitrogen and oxygen atoms in total. The maximum Gasteiger partial charge on any atom is 0.291 e. The van der Waals surface area contributed by atoms with Gasteiger partial charge in [0.25, 0.3) is 11.5 Å². The van der Waals surface area contributed by atoms with Crippen LogP contribution in [0.2, 0.25) is 0 Å². The first-order valence-corrected chi connectivity index (χ1v) is 13.4. The molecule has 3 heterocycles. The molecule has 2 amide bonds. The van der Waals surface area contributed by atoms with E-state index in [9.17, 15) is 18.8 Å². The fourth-order valence-electron chi connectivity index (χ4n) is 4.46. The maximum absolute atomic E-state index is 13.6. The third-order valence-corrected chi connectivity index (χ3v) is 7.35. The standard InChI is InChI=1S/C29H22FN5O4S/c1-2-15-39-20-13-7-17(8-14-20)26-32-29-35(33-26)28(38)25(40-29)24-21-5-3-4-6-22(21)34(27(24)37)16-23(36)31-19-11-9-18(30)10-12-19/h3-14H,2,15-16H2,1H3,(H,31,36). The minimum Gasteiger partial charge on any atom is -0.494 e. The molecule has 1 aliphatic heterocycles. The zero-order valence-corrected chi connectivity index (χ0v) is 22.1. The molecule has 11 heteroatoms. The van der Waals surface area contributed by atoms with Crippen LogP contribution in [0.3, 0.4) is 0 Å². The number of benzene rings is 3. The highest BCUT2D eigenvalue weighted by atomic mass is 32.1. The molecule has 1 aliphatic rings. The van der Waals surface area contributed by atoms with Crippen LogP contribution in [0.4, 0.5) is 15.8 Å². The van der Waals surface area contributed by atoms with E-state index >= 15 is 0 Å². The SMILES string of the molecule is CCCOc1ccc(-c2nc3sc(=C4C(=O)N(CC(=O)Nc5ccc(F)cc5)c5ccccc54)c(=O)n3n2)cc1. The van der Waals surface area contributed by atoms with Crippen molar-refractivity contribution < 1.29 is 18.7 Å². The summed E-state index contributed by atoms with van der Waals surface area (Å²) in [6.07, 6.45) is 0.905. The zero-order valence-electron chi connectivity index (χ0n) is 21.3. The van der Waals surface area contributed by atoms with Crippen LogP contribution >= 0.6 is 11.3 Å². The predicted octanol–water partition coefficient (Wildman–Crippen LogP) is 3.65. The van der Waals surface area contributed by atoms with E-state index in [1.54, 1.807) is 24.3 Å². The smallest absolute Gasteiger partial charge is 0.291 e. The summed E-state index contributed by atoms with van der Waals surface area (Å²) in [4.78, 5) is 46.0. The summed E-state index contributed by atoms with van der Waals surface area (Å²) < 4.78 is 20.2. The summed E-state index contributed by atoms with van der Waals surface area (Å²) in [5, 5.41) is 7.07. The van der Waals surface area contributed by atoms with Gasteiger partial charge in [-0.3, -0.25) is 19.3 Å². The summed E-state index contributed by atoms with van der Waals surface area (Å²) in [6, 6.07) is 19.6. The van der Waals surface area contributed by atoms with Crippen LogP contribution in [-0.2, 0) is 9.59 Å². The predicted molar refractivity (Wildman–Crippen MR) is 150 cm³/mol. The van der Waals surface area contributed by atoms with Crippen molar-refractivity contribution in [2.75, 3.05) is 23.4 Å². The Morgan fingerprint density at radius 3 is 2.50 bits per heavy atom. The van der Waals surface area contributed by atoms with Crippen molar-refractivity contribution in [2.24, 2.45) is 0 Å². The van der Waals surface area contributed by atoms with E-state index in [1.165, 1.54) is 33.7 Å². The lowest BCUT2D eigenvalue weighted by Crippen LogP contribution is -2.37. The highest BCUT2D eigenvalue weighted by Gasteiger charge is 2.35. The minimum atomic E-state index is -0.472. The van der Waals surface area contributed by atoms with Crippen molar-refractivity contribution in [3.05, 3.63) is 99.1 Å². The van der Waals surface area contributed by atoms with Gasteiger partial charge in [0.1, 0.15) is 22.6 Å². The van der Waals surface area contributed by atoms with Crippen molar-refractivity contribution in [2.45, 2.75) is 13.3 Å². The first-order chi connectivity index (χ1) is 19.4. The second kappa shape index (κ2) is 10.3. The molecular weight excluding hydrogens is 533 g/mol. The largest absolute Gasteiger partial charge is 0.494 e. The maximum atomic E-state index is 13.6. The average Bonchev–Trinajstić information content (AvgIpc) is 3.60. The second-order valence-corrected chi connectivity index (χ2v) is 10.1. The van der Waals surface area contributed by atoms with Crippen LogP contribution in [0.25, 0.3) is 21.9 Å². The lowest BCUT2D eigenvalue weighted by molar-refractivity contribution is -0.118. The number of hydrogen-bond donors (Lipinski definition) is 1. The lowest BCUT2D eigenvalue weighted by atomic mass is 10.1. The number of thiazole rings is 1. The number of aromatic nitrogens is 3. The van der Waals surface area contributed by atoms with Gasteiger partial charge in [0.15, 0.2) is 5.82 Å². The van der Waals surface area contributed by atoms with E-state index in [1.807, 2.05) is 31.2 Å². The summed E-state index contributed by atoms with van der Waals surface area (Å²) in [5.74, 6) is -0.229. The lowest BCUT2D eigenvalue weighted by Gasteiger charge is -2.16. The molecule has 0 aliphatic carbocycles. The van der Waals surface area contributed by atoms with Gasteiger partial charge in [-0.2, -0.15) is 9.50 Å². The number of amides is 2. The summed E-state index contributed by atoms with van der Waals surface area (Å²) in [7, 11) is 0. The van der Waals surface area contributed by atoms with Crippen molar-refractivity contribution in [1.82, 2.24) is 14.6 Å². The van der Waals surface area contributed by atoms with Gasteiger partial charge < -0.3 is 10.1 Å². The van der Waals surface area contributed by atoms with Gasteiger partial charge in [-0.25, -0.2) is 4.39 Å². The Morgan fingerprint density at radius 2 is 1.77 bits per heavy atom. The van der Waals surface area contributed by atoms with E-state index in [0.717, 1.165) is 29.1 Å². The van der Waals surface area contributed by atoms with E-state index in [4.69, 9.17) is 4.74 Å². The molecule has 2 aromatic heterocycles. The molecule has 0 bridgehead atoms. The highest BCUT2D eigenvalue weighted by Crippen LogP contribution is 2.35. The number of para-hydroxylation sites is 1. The number of carbonyl (C=O) groups is 2. The number of hydrogen-bond acceptors (Lipinski definition) is 7. The molecule has 0 saturated carbocycles. The number of nitrogens with zero attached hydrogens (tertiary/aromatic N) is 4. The van der Waals surface area contributed by atoms with Gasteiger partial charge in [0.05, 0.1) is 17.9 Å². The first kappa shape index (κ1) is 25.4. The third kappa shape index (κ3) is 4.60. The van der Waals surface area contributed by atoms with Gasteiger partial charge in [0, 0.05) is 16.8 Å². The number of nitrogens with one attached hydrogen (secondary N) is 1. The van der Waals surface area contributed by atoms with Crippen molar-refractivity contribution in [3.8, 4) is 17.1 Å². The Kier molecular flexibility index (Phi) is 6.56. The Balaban J connectivity index is 1.33. The van der Waals surface area contributed by atoms with Gasteiger partial charge in [-0.1, -0.05) is 36.5 Å². The van der Waals surface area contributed by atoms with E-state index < -0.39 is 23.2 Å². The number of anilines is 2. The average molecular weight is 556 g/mol. The molecule has 0 spiro atoms. The minimum absolute atomic E-state index is 0.198. The molecular formula is C29H22FN5O4S. The number of carbonyl (C=O) groups excluding carboxylic acids is 2. The highest BCUT2D eigenvalue weighted by molar-refractivity contribution is 7.15. The Hall–Kier alpha value is -4.90. The second-order valence-electron chi connectivity index (χ2n) is 9.08. The molecule has 40 heavy (non-hydrogen) atoms. The molecule has 200 valence electrons. The molecule has 0 unspecified atom stereocenters. The van der Waals surface area contributed by atoms with Crippen molar-refractivity contribution >= 4 is 45.1 Å². The molecule has 1 N–H and O–H groups in total. The Morgan fingerprint density at radius 1 is 1.02 bits per heavy atom. The van der Waals surface area contributed by atoms with Gasteiger partial charge in [0.2, 0.25) is 10.9 Å². The van der Waals surface area contributed by atoms with Crippen LogP contribution in [0.5, 0.6) is 5.75 Å². The summed E-state index contributed by atoms with van der Waals surface area (Å²) in [6.45, 7) is 2.37. The van der Waals surface area contributed by atoms with Crippen LogP contribution in [0, 0.1) is 5.82 Å². The summed E-state index contributed by atoms with van der Waals surface area (Å²) >= 11 is 1.07. The number of rotatable bonds is 7. The zero-order chi connectivity index (χ0) is 27.8. The van der Waals surface area contributed by atoms with Crippen LogP contribution < -0.4 is 25.0 Å². The Bertz CT molecular complexity index is 1870. The van der Waals surface area contributed by atoms with Crippen LogP contribution in [0.15, 0.2) is 77.6 Å². The van der Waals surface area contributed by atoms with E-state index in [0.29, 0.717) is 34.3 Å². The topological polar surface area (TPSA) is 106 Å². The molecule has 0 atom stereocenters. The number of halogens is 1. The molecule has 0 radical (unpaired) electrons. The van der Waals surface area contributed by atoms with Crippen molar-refractivity contribution in [3.63, 3.8) is 0 Å². The number of fused-ring (bicyclic) bond motifs is 2. The van der Waals surface area contributed by atoms with E-state index in [-0.39, 0.29) is 16.7 Å². The Labute approximate surface area is 231 Å². The molecule has 6 rings (SSSR count). The van der Waals surface area contributed by atoms with Crippen LogP contribution in [0.1, 0.15) is 18.9 Å². The summed E-state index contributed by atoms with van der Waals surface area (Å²) in [5.41, 5.74) is 1.94. The fraction of sp³-hybridized carbons (Fsp3) is 0.138. The van der Waals surface area contributed by atoms with E-state index in [2.05, 4.69) is 15.4 Å². The quantitative estimate of drug-likeness (QED) is 0.329. The monoisotopic (exact) mass is 555 g/mol. The van der Waals surface area contributed by atoms with Gasteiger partial charge in [-0.15, -0.1) is 5.10 Å². The fourth-order valence-corrected chi connectivity index (χ4v) is 5.46. The normalized spacial score (nSPS) is 14.1. The van der Waals surface area contributed by atoms with Gasteiger partial charge in [-0.05, 0) is 61.0 Å². The van der Waals surface area contributed by atoms with Gasteiger partial charge >= 0.3 is 0 Å². The third-order valence-electron chi connectivity index (χ3n) is 6.32.